The van der Waals surface area contributed by atoms with E-state index in [1.807, 2.05) is 90.7 Å². The summed E-state index contributed by atoms with van der Waals surface area (Å²) in [4.78, 5) is 17.7. The Morgan fingerprint density at radius 2 is 1.50 bits per heavy atom. The number of hydrogen-bond acceptors (Lipinski definition) is 8. The van der Waals surface area contributed by atoms with Gasteiger partial charge in [-0.3, -0.25) is 20.4 Å². The first-order chi connectivity index (χ1) is 21.4. The molecule has 216 valence electrons. The van der Waals surface area contributed by atoms with Gasteiger partial charge in [-0.15, -0.1) is 10.2 Å². The molecule has 1 aromatic heterocycles. The molecule has 0 aliphatic carbocycles. The number of non-ortho nitro benzene ring substituents is 1. The van der Waals surface area contributed by atoms with Gasteiger partial charge in [-0.25, -0.2) is 4.98 Å². The number of halogens is 2. The Hall–Kier alpha value is -5.38. The summed E-state index contributed by atoms with van der Waals surface area (Å²) in [5.41, 5.74) is 8.94. The maximum absolute atomic E-state index is 11.4. The molecule has 4 aromatic carbocycles. The average Bonchev–Trinajstić information content (AvgIpc) is 3.05. The lowest BCUT2D eigenvalue weighted by molar-refractivity contribution is -0.384. The quantitative estimate of drug-likeness (QED) is 0.146. The summed E-state index contributed by atoms with van der Waals surface area (Å²) in [6, 6.07) is 31.0. The van der Waals surface area contributed by atoms with E-state index >= 15 is 0 Å². The molecule has 1 aliphatic heterocycles. The van der Waals surface area contributed by atoms with E-state index in [-0.39, 0.29) is 11.6 Å². The van der Waals surface area contributed by atoms with Crippen molar-refractivity contribution in [3.63, 3.8) is 0 Å². The fraction of sp³-hybridized carbons (Fsp3) is 0.0303. The van der Waals surface area contributed by atoms with E-state index in [9.17, 15) is 10.1 Å². The minimum atomic E-state index is -0.441. The number of amidine groups is 1. The van der Waals surface area contributed by atoms with Gasteiger partial charge in [0.2, 0.25) is 0 Å². The molecular weight excluding hydrogens is 597 g/mol. The number of anilines is 1. The van der Waals surface area contributed by atoms with Gasteiger partial charge in [0, 0.05) is 38.9 Å². The molecule has 11 heteroatoms. The van der Waals surface area contributed by atoms with Crippen LogP contribution in [0.15, 0.2) is 108 Å². The van der Waals surface area contributed by atoms with E-state index in [2.05, 4.69) is 15.6 Å². The number of nitro groups is 1. The molecule has 5 aromatic rings. The van der Waals surface area contributed by atoms with E-state index in [0.29, 0.717) is 32.8 Å². The van der Waals surface area contributed by atoms with Crippen molar-refractivity contribution >= 4 is 64.2 Å². The SMILES string of the molecule is Cc1nnc(N2C(c3ccc([N+](=O)[O-])cc3)=NNC(c3ccccc3)=C2c2ccccc2)nc1/C=C/c1ccc(Cl)cc1Cl. The topological polar surface area (TPSA) is 109 Å². The van der Waals surface area contributed by atoms with Crippen molar-refractivity contribution in [3.8, 4) is 0 Å². The molecule has 0 atom stereocenters. The van der Waals surface area contributed by atoms with E-state index in [0.717, 1.165) is 28.1 Å². The molecule has 6 rings (SSSR count). The molecule has 0 saturated heterocycles. The predicted octanol–water partition coefficient (Wildman–Crippen LogP) is 7.86. The molecule has 1 N–H and O–H groups in total. The fourth-order valence-electron chi connectivity index (χ4n) is 4.67. The number of rotatable bonds is 7. The fourth-order valence-corrected chi connectivity index (χ4v) is 5.14. The van der Waals surface area contributed by atoms with Gasteiger partial charge in [-0.05, 0) is 42.8 Å². The average molecular weight is 621 g/mol. The van der Waals surface area contributed by atoms with Crippen LogP contribution in [0.5, 0.6) is 0 Å². The highest BCUT2D eigenvalue weighted by Crippen LogP contribution is 2.35. The number of aromatic nitrogens is 3. The monoisotopic (exact) mass is 619 g/mol. The molecule has 0 saturated carbocycles. The Labute approximate surface area is 263 Å². The molecule has 0 amide bonds. The molecule has 9 nitrogen and oxygen atoms in total. The summed E-state index contributed by atoms with van der Waals surface area (Å²) in [6.45, 7) is 1.82. The molecule has 0 radical (unpaired) electrons. The van der Waals surface area contributed by atoms with Crippen LogP contribution >= 0.6 is 23.2 Å². The first kappa shape index (κ1) is 28.7. The number of nitrogens with zero attached hydrogens (tertiary/aromatic N) is 6. The largest absolute Gasteiger partial charge is 0.274 e. The number of hydrogen-bond donors (Lipinski definition) is 1. The maximum atomic E-state index is 11.4. The van der Waals surface area contributed by atoms with Gasteiger partial charge in [-0.1, -0.05) is 96.0 Å². The number of nitrogens with one attached hydrogen (secondary N) is 1. The normalized spacial score (nSPS) is 13.2. The third-order valence-corrected chi connectivity index (χ3v) is 7.42. The van der Waals surface area contributed by atoms with Crippen LogP contribution in [0.4, 0.5) is 11.6 Å². The van der Waals surface area contributed by atoms with Crippen molar-refractivity contribution in [2.24, 2.45) is 5.10 Å². The standard InChI is InChI=1S/C33H23Cl2N7O2/c1-21-29(19-15-22-12-16-26(34)20-28(22)35)36-33(40-37-21)41-31(24-10-6-3-7-11-24)30(23-8-4-2-5-9-23)38-39-32(41)25-13-17-27(18-14-25)42(43)44/h2-20,38H,1H3/b19-15+. The molecule has 0 fully saturated rings. The lowest BCUT2D eigenvalue weighted by Crippen LogP contribution is -2.38. The van der Waals surface area contributed by atoms with Crippen LogP contribution in [-0.2, 0) is 0 Å². The molecular formula is C33H23Cl2N7O2. The molecule has 1 aliphatic rings. The minimum absolute atomic E-state index is 0.0324. The zero-order chi connectivity index (χ0) is 30.6. The van der Waals surface area contributed by atoms with Crippen LogP contribution in [0.25, 0.3) is 23.5 Å². The zero-order valence-electron chi connectivity index (χ0n) is 23.2. The third-order valence-electron chi connectivity index (χ3n) is 6.86. The van der Waals surface area contributed by atoms with Gasteiger partial charge >= 0.3 is 0 Å². The second kappa shape index (κ2) is 12.5. The van der Waals surface area contributed by atoms with Gasteiger partial charge < -0.3 is 0 Å². The van der Waals surface area contributed by atoms with Gasteiger partial charge in [-0.2, -0.15) is 5.10 Å². The van der Waals surface area contributed by atoms with Crippen LogP contribution in [0.3, 0.4) is 0 Å². The smallest absolute Gasteiger partial charge is 0.269 e. The molecule has 44 heavy (non-hydrogen) atoms. The lowest BCUT2D eigenvalue weighted by atomic mass is 10.0. The molecule has 0 unspecified atom stereocenters. The van der Waals surface area contributed by atoms with Crippen LogP contribution < -0.4 is 10.3 Å². The highest BCUT2D eigenvalue weighted by atomic mass is 35.5. The first-order valence-electron chi connectivity index (χ1n) is 13.5. The molecule has 0 spiro atoms. The summed E-state index contributed by atoms with van der Waals surface area (Å²) >= 11 is 12.5. The van der Waals surface area contributed by atoms with Crippen molar-refractivity contribution in [2.75, 3.05) is 4.90 Å². The van der Waals surface area contributed by atoms with E-state index in [1.165, 1.54) is 12.1 Å². The zero-order valence-corrected chi connectivity index (χ0v) is 24.7. The first-order valence-corrected chi connectivity index (χ1v) is 14.2. The van der Waals surface area contributed by atoms with Gasteiger partial charge in [0.15, 0.2) is 5.84 Å². The van der Waals surface area contributed by atoms with Crippen LogP contribution in [0.1, 0.15) is 33.6 Å². The Balaban J connectivity index is 1.54. The Bertz CT molecular complexity index is 1950. The van der Waals surface area contributed by atoms with E-state index in [4.69, 9.17) is 33.3 Å². The second-order valence-electron chi connectivity index (χ2n) is 9.72. The summed E-state index contributed by atoms with van der Waals surface area (Å²) in [6.07, 6.45) is 3.66. The van der Waals surface area contributed by atoms with Crippen LogP contribution in [-0.4, -0.2) is 25.9 Å². The number of hydrazone groups is 1. The van der Waals surface area contributed by atoms with E-state index < -0.39 is 4.92 Å². The highest BCUT2D eigenvalue weighted by molar-refractivity contribution is 6.35. The van der Waals surface area contributed by atoms with Crippen molar-refractivity contribution < 1.29 is 4.92 Å². The molecule has 0 bridgehead atoms. The van der Waals surface area contributed by atoms with Gasteiger partial charge in [0.25, 0.3) is 11.6 Å². The maximum Gasteiger partial charge on any atom is 0.269 e. The van der Waals surface area contributed by atoms with Crippen molar-refractivity contribution in [1.29, 1.82) is 0 Å². The third kappa shape index (κ3) is 5.92. The Morgan fingerprint density at radius 1 is 0.818 bits per heavy atom. The van der Waals surface area contributed by atoms with Crippen LogP contribution in [0, 0.1) is 17.0 Å². The van der Waals surface area contributed by atoms with Crippen LogP contribution in [0.2, 0.25) is 10.0 Å². The van der Waals surface area contributed by atoms with Gasteiger partial charge in [0.1, 0.15) is 0 Å². The summed E-state index contributed by atoms with van der Waals surface area (Å²) in [5.74, 6) is 0.683. The lowest BCUT2D eigenvalue weighted by Gasteiger charge is -2.32. The second-order valence-corrected chi connectivity index (χ2v) is 10.6. The number of aryl methyl sites for hydroxylation is 1. The Morgan fingerprint density at radius 3 is 2.16 bits per heavy atom. The minimum Gasteiger partial charge on any atom is -0.274 e. The van der Waals surface area contributed by atoms with Gasteiger partial charge in [0.05, 0.1) is 27.7 Å². The highest BCUT2D eigenvalue weighted by Gasteiger charge is 2.31. The van der Waals surface area contributed by atoms with Crippen molar-refractivity contribution in [3.05, 3.63) is 157 Å². The molecule has 2 heterocycles. The summed E-state index contributed by atoms with van der Waals surface area (Å²) in [5, 5.41) is 26.1. The Kier molecular flexibility index (Phi) is 8.14. The van der Waals surface area contributed by atoms with E-state index in [1.54, 1.807) is 24.3 Å². The summed E-state index contributed by atoms with van der Waals surface area (Å²) in [7, 11) is 0. The number of nitro benzene ring substituents is 1. The van der Waals surface area contributed by atoms with Crippen molar-refractivity contribution in [2.45, 2.75) is 6.92 Å². The number of benzene rings is 4. The summed E-state index contributed by atoms with van der Waals surface area (Å²) < 4.78 is 0. The predicted molar refractivity (Wildman–Crippen MR) is 175 cm³/mol. The van der Waals surface area contributed by atoms with Crippen molar-refractivity contribution in [1.82, 2.24) is 20.6 Å².